The highest BCUT2D eigenvalue weighted by Gasteiger charge is 2.29. The first-order valence-corrected chi connectivity index (χ1v) is 9.30. The van der Waals surface area contributed by atoms with Gasteiger partial charge in [-0.2, -0.15) is 5.26 Å². The van der Waals surface area contributed by atoms with Crippen LogP contribution in [0.2, 0.25) is 0 Å². The minimum Gasteiger partial charge on any atom is -0.479 e. The zero-order chi connectivity index (χ0) is 23.5. The van der Waals surface area contributed by atoms with Crippen molar-refractivity contribution in [3.8, 4) is 29.0 Å². The molecular weight excluding hydrogens is 442 g/mol. The predicted molar refractivity (Wildman–Crippen MR) is 108 cm³/mol. The van der Waals surface area contributed by atoms with E-state index in [1.54, 1.807) is 6.07 Å². The van der Waals surface area contributed by atoms with E-state index < -0.39 is 23.8 Å². The molecule has 0 bridgehead atoms. The van der Waals surface area contributed by atoms with Gasteiger partial charge in [0, 0.05) is 25.5 Å². The molecule has 0 aliphatic rings. The third kappa shape index (κ3) is 4.37. The second-order valence-corrected chi connectivity index (χ2v) is 6.62. The van der Waals surface area contributed by atoms with E-state index in [0.717, 1.165) is 6.20 Å². The predicted octanol–water partition coefficient (Wildman–Crippen LogP) is 1.09. The summed E-state index contributed by atoms with van der Waals surface area (Å²) in [5.74, 6) is -0.0212. The van der Waals surface area contributed by atoms with E-state index in [1.165, 1.54) is 36.1 Å². The van der Waals surface area contributed by atoms with Gasteiger partial charge >= 0.3 is 5.69 Å². The summed E-state index contributed by atoms with van der Waals surface area (Å²) < 4.78 is 39.7. The van der Waals surface area contributed by atoms with Crippen LogP contribution in [0.25, 0.3) is 22.3 Å². The van der Waals surface area contributed by atoms with Crippen molar-refractivity contribution in [3.63, 3.8) is 0 Å². The Hall–Kier alpha value is -4.67. The van der Waals surface area contributed by atoms with Gasteiger partial charge < -0.3 is 14.5 Å². The number of aryl methyl sites for hydroxylation is 1. The van der Waals surface area contributed by atoms with Crippen LogP contribution in [0.1, 0.15) is 11.8 Å². The van der Waals surface area contributed by atoms with Gasteiger partial charge in [0.05, 0.1) is 16.6 Å². The van der Waals surface area contributed by atoms with Crippen LogP contribution in [0.5, 0.6) is 11.6 Å². The third-order valence-corrected chi connectivity index (χ3v) is 4.46. The zero-order valence-electron chi connectivity index (χ0n) is 16.8. The molecular formula is C19H14F2N8O4. The van der Waals surface area contributed by atoms with Crippen LogP contribution in [0.3, 0.4) is 0 Å². The highest BCUT2D eigenvalue weighted by Crippen LogP contribution is 2.32. The number of aromatic nitrogens is 7. The molecule has 0 aliphatic heterocycles. The van der Waals surface area contributed by atoms with E-state index in [2.05, 4.69) is 30.2 Å². The average Bonchev–Trinajstić information content (AvgIpc) is 3.10. The molecule has 33 heavy (non-hydrogen) atoms. The Labute approximate surface area is 182 Å². The van der Waals surface area contributed by atoms with Crippen molar-refractivity contribution in [2.45, 2.75) is 12.5 Å². The fourth-order valence-corrected chi connectivity index (χ4v) is 2.99. The lowest BCUT2D eigenvalue weighted by Gasteiger charge is -2.17. The molecule has 0 radical (unpaired) electrons. The summed E-state index contributed by atoms with van der Waals surface area (Å²) in [6, 6.07) is 5.83. The number of alkyl halides is 2. The van der Waals surface area contributed by atoms with Crippen molar-refractivity contribution in [2.24, 2.45) is 7.05 Å². The summed E-state index contributed by atoms with van der Waals surface area (Å²) in [6.45, 7) is -0.264. The second kappa shape index (κ2) is 8.83. The summed E-state index contributed by atoms with van der Waals surface area (Å²) >= 11 is 0. The van der Waals surface area contributed by atoms with Gasteiger partial charge in [-0.25, -0.2) is 18.3 Å². The molecule has 2 N–H and O–H groups in total. The Morgan fingerprint density at radius 1 is 1.27 bits per heavy atom. The highest BCUT2D eigenvalue weighted by molar-refractivity contribution is 5.84. The Bertz CT molecular complexity index is 1470. The fraction of sp³-hybridized carbons (Fsp3) is 0.211. The Kier molecular flexibility index (Phi) is 5.77. The van der Waals surface area contributed by atoms with Gasteiger partial charge in [-0.15, -0.1) is 15.3 Å². The number of nitrogens with zero attached hydrogens (tertiary/aromatic N) is 6. The van der Waals surface area contributed by atoms with E-state index in [4.69, 9.17) is 14.7 Å². The van der Waals surface area contributed by atoms with E-state index in [9.17, 15) is 18.4 Å². The van der Waals surface area contributed by atoms with Gasteiger partial charge in [-0.1, -0.05) is 0 Å². The van der Waals surface area contributed by atoms with Crippen molar-refractivity contribution in [1.29, 1.82) is 5.26 Å². The first-order chi connectivity index (χ1) is 15.9. The van der Waals surface area contributed by atoms with Crippen molar-refractivity contribution < 1.29 is 18.3 Å². The van der Waals surface area contributed by atoms with Crippen LogP contribution in [-0.4, -0.2) is 48.0 Å². The van der Waals surface area contributed by atoms with Crippen molar-refractivity contribution >= 4 is 11.0 Å². The molecule has 0 amide bonds. The fourth-order valence-electron chi connectivity index (χ4n) is 2.99. The second-order valence-electron chi connectivity index (χ2n) is 6.62. The number of H-pyrrole nitrogens is 2. The molecule has 4 rings (SSSR count). The molecule has 1 atom stereocenters. The number of hydrogen-bond donors (Lipinski definition) is 2. The zero-order valence-corrected chi connectivity index (χ0v) is 16.8. The normalized spacial score (nSPS) is 12.0. The Morgan fingerprint density at radius 3 is 2.82 bits per heavy atom. The van der Waals surface area contributed by atoms with Crippen LogP contribution in [-0.2, 0) is 7.05 Å². The quantitative estimate of drug-likeness (QED) is 0.414. The molecule has 0 unspecified atom stereocenters. The topological polar surface area (TPSA) is 164 Å². The molecule has 0 aliphatic carbocycles. The molecule has 0 spiro atoms. The van der Waals surface area contributed by atoms with Gasteiger partial charge in [-0.05, 0) is 12.1 Å². The molecule has 0 aromatic carbocycles. The number of aromatic amines is 2. The standard InChI is InChI=1S/C19H14F2N8O4/c1-29-16-10(7-12(26-27-16)11-8-24-19(31)25-17(11)30)18(28-29)33-14(15(20)21)13-6-9(2-4-23-13)32-5-3-22/h2,4,6-8,14-15H,5H2,1H3,(H2,24,25,30,31)/t14-/m1/s1. The molecule has 0 fully saturated rings. The van der Waals surface area contributed by atoms with E-state index in [1.807, 2.05) is 0 Å². The van der Waals surface area contributed by atoms with Gasteiger partial charge in [0.25, 0.3) is 12.0 Å². The van der Waals surface area contributed by atoms with Gasteiger partial charge in [0.2, 0.25) is 12.0 Å². The molecule has 4 aromatic heterocycles. The van der Waals surface area contributed by atoms with Crippen LogP contribution >= 0.6 is 0 Å². The number of pyridine rings is 1. The minimum absolute atomic E-state index is 0.00761. The Morgan fingerprint density at radius 2 is 2.09 bits per heavy atom. The summed E-state index contributed by atoms with van der Waals surface area (Å²) in [6.07, 6.45) is -2.39. The van der Waals surface area contributed by atoms with Gasteiger partial charge in [0.1, 0.15) is 17.5 Å². The first kappa shape index (κ1) is 21.6. The maximum Gasteiger partial charge on any atom is 0.325 e. The monoisotopic (exact) mass is 456 g/mol. The van der Waals surface area contributed by atoms with Crippen LogP contribution in [0.4, 0.5) is 8.78 Å². The number of ether oxygens (including phenoxy) is 2. The number of nitrogens with one attached hydrogen (secondary N) is 2. The third-order valence-electron chi connectivity index (χ3n) is 4.46. The summed E-state index contributed by atoms with van der Waals surface area (Å²) in [4.78, 5) is 31.7. The number of hydrogen-bond acceptors (Lipinski definition) is 9. The summed E-state index contributed by atoms with van der Waals surface area (Å²) in [5, 5.41) is 20.9. The molecule has 4 heterocycles. The van der Waals surface area contributed by atoms with Gasteiger partial charge in [0.15, 0.2) is 12.3 Å². The number of rotatable bonds is 7. The van der Waals surface area contributed by atoms with Crippen LogP contribution < -0.4 is 20.7 Å². The number of nitriles is 1. The minimum atomic E-state index is -2.99. The molecule has 0 saturated heterocycles. The van der Waals surface area contributed by atoms with Crippen LogP contribution in [0, 0.1) is 11.3 Å². The first-order valence-electron chi connectivity index (χ1n) is 9.30. The smallest absolute Gasteiger partial charge is 0.325 e. The lowest BCUT2D eigenvalue weighted by atomic mass is 10.2. The summed E-state index contributed by atoms with van der Waals surface area (Å²) in [7, 11) is 1.52. The maximum absolute atomic E-state index is 13.9. The van der Waals surface area contributed by atoms with Crippen molar-refractivity contribution in [1.82, 2.24) is 34.9 Å². The van der Waals surface area contributed by atoms with E-state index >= 15 is 0 Å². The molecule has 12 nitrogen and oxygen atoms in total. The molecule has 14 heteroatoms. The maximum atomic E-state index is 13.9. The van der Waals surface area contributed by atoms with Gasteiger partial charge in [-0.3, -0.25) is 14.8 Å². The SMILES string of the molecule is Cn1nc(O[C@H](c2cc(OCC#N)ccn2)C(F)F)c2cc(-c3c[nH]c(=O)[nH]c3=O)nnc21. The van der Waals surface area contributed by atoms with Crippen LogP contribution in [0.15, 0.2) is 40.2 Å². The summed E-state index contributed by atoms with van der Waals surface area (Å²) in [5.41, 5.74) is -1.26. The van der Waals surface area contributed by atoms with Crippen molar-refractivity contribution in [2.75, 3.05) is 6.61 Å². The molecule has 4 aromatic rings. The molecule has 168 valence electrons. The van der Waals surface area contributed by atoms with Crippen molar-refractivity contribution in [3.05, 3.63) is 57.1 Å². The largest absolute Gasteiger partial charge is 0.479 e. The molecule has 0 saturated carbocycles. The average molecular weight is 456 g/mol. The number of halogens is 2. The lowest BCUT2D eigenvalue weighted by molar-refractivity contribution is 0.00600. The Balaban J connectivity index is 1.74. The lowest BCUT2D eigenvalue weighted by Crippen LogP contribution is -2.22. The van der Waals surface area contributed by atoms with E-state index in [-0.39, 0.29) is 46.2 Å². The highest BCUT2D eigenvalue weighted by atomic mass is 19.3. The van der Waals surface area contributed by atoms with E-state index in [0.29, 0.717) is 0 Å². The number of fused-ring (bicyclic) bond motifs is 1.